The summed E-state index contributed by atoms with van der Waals surface area (Å²) in [5.74, 6) is 1.02. The molecule has 0 spiro atoms. The number of furan rings is 1. The van der Waals surface area contributed by atoms with E-state index >= 15 is 0 Å². The molecule has 1 N–H and O–H groups in total. The van der Waals surface area contributed by atoms with Crippen LogP contribution in [0.4, 0.5) is 5.82 Å². The Bertz CT molecular complexity index is 1310. The van der Waals surface area contributed by atoms with E-state index in [1.807, 2.05) is 61.9 Å². The van der Waals surface area contributed by atoms with Crippen molar-refractivity contribution in [3.05, 3.63) is 70.4 Å². The van der Waals surface area contributed by atoms with Crippen LogP contribution in [0.1, 0.15) is 30.7 Å². The number of fused-ring (bicyclic) bond motifs is 1. The third-order valence-corrected chi connectivity index (χ3v) is 5.25. The molecule has 0 saturated carbocycles. The fraction of sp³-hybridized carbons (Fsp3) is 0.208. The van der Waals surface area contributed by atoms with Gasteiger partial charge < -0.3 is 9.73 Å². The minimum Gasteiger partial charge on any atom is -0.456 e. The maximum absolute atomic E-state index is 12.0. The Kier molecular flexibility index (Phi) is 5.53. The highest BCUT2D eigenvalue weighted by atomic mass is 35.5. The molecule has 0 aliphatic heterocycles. The van der Waals surface area contributed by atoms with E-state index in [9.17, 15) is 4.79 Å². The van der Waals surface area contributed by atoms with Crippen LogP contribution in [-0.4, -0.2) is 15.7 Å². The summed E-state index contributed by atoms with van der Waals surface area (Å²) in [6, 6.07) is 16.9. The molecule has 0 atom stereocenters. The lowest BCUT2D eigenvalue weighted by Gasteiger charge is -2.07. The Labute approximate surface area is 185 Å². The van der Waals surface area contributed by atoms with Gasteiger partial charge in [-0.3, -0.25) is 9.48 Å². The molecule has 1 amide bonds. The summed E-state index contributed by atoms with van der Waals surface area (Å²) in [5.41, 5.74) is 4.00. The normalized spacial score (nSPS) is 11.1. The summed E-state index contributed by atoms with van der Waals surface area (Å²) in [4.78, 5) is 12.0. The van der Waals surface area contributed by atoms with Crippen molar-refractivity contribution in [1.82, 2.24) is 9.78 Å². The Morgan fingerprint density at radius 1 is 1.23 bits per heavy atom. The molecule has 2 aromatic carbocycles. The summed E-state index contributed by atoms with van der Waals surface area (Å²) >= 11 is 6.37. The van der Waals surface area contributed by atoms with Gasteiger partial charge in [0.05, 0.1) is 18.2 Å². The van der Waals surface area contributed by atoms with Gasteiger partial charge in [0.2, 0.25) is 5.91 Å². The monoisotopic (exact) mass is 432 g/mol. The number of anilines is 1. The lowest BCUT2D eigenvalue weighted by atomic mass is 10.1. The molecular formula is C24H21ClN4O2. The van der Waals surface area contributed by atoms with E-state index in [1.165, 1.54) is 0 Å². The van der Waals surface area contributed by atoms with Crippen molar-refractivity contribution in [2.75, 3.05) is 5.32 Å². The SMILES string of the molecule is Cc1cc(NC(=O)C(C)C)nn1Cc1cc(Cl)cc2cc(-c3ccc(C#N)cc3)oc12. The lowest BCUT2D eigenvalue weighted by molar-refractivity contribution is -0.118. The highest BCUT2D eigenvalue weighted by Gasteiger charge is 2.15. The minimum absolute atomic E-state index is 0.0760. The van der Waals surface area contributed by atoms with Gasteiger partial charge >= 0.3 is 0 Å². The quantitative estimate of drug-likeness (QED) is 0.433. The second kappa shape index (κ2) is 8.29. The van der Waals surface area contributed by atoms with Gasteiger partial charge in [0, 0.05) is 39.2 Å². The van der Waals surface area contributed by atoms with Crippen LogP contribution < -0.4 is 5.32 Å². The predicted octanol–water partition coefficient (Wildman–Crippen LogP) is 5.77. The first-order valence-corrected chi connectivity index (χ1v) is 10.3. The van der Waals surface area contributed by atoms with Crippen molar-refractivity contribution in [3.63, 3.8) is 0 Å². The van der Waals surface area contributed by atoms with Crippen LogP contribution in [0.25, 0.3) is 22.3 Å². The number of amides is 1. The Morgan fingerprint density at radius 2 is 1.97 bits per heavy atom. The highest BCUT2D eigenvalue weighted by Crippen LogP contribution is 2.33. The molecule has 0 aliphatic rings. The first kappa shape index (κ1) is 20.7. The number of carbonyl (C=O) groups is 1. The van der Waals surface area contributed by atoms with E-state index in [1.54, 1.807) is 12.1 Å². The fourth-order valence-electron chi connectivity index (χ4n) is 3.32. The third kappa shape index (κ3) is 4.32. The van der Waals surface area contributed by atoms with E-state index in [2.05, 4.69) is 16.5 Å². The standard InChI is InChI=1S/C24H21ClN4O2/c1-14(2)24(30)27-22-8-15(3)29(28-22)13-19-10-20(25)9-18-11-21(31-23(18)19)17-6-4-16(12-26)5-7-17/h4-11,14H,13H2,1-3H3,(H,27,28,30). The topological polar surface area (TPSA) is 83.9 Å². The number of nitrogens with zero attached hydrogens (tertiary/aromatic N) is 3. The van der Waals surface area contributed by atoms with Crippen LogP contribution in [0, 0.1) is 24.2 Å². The summed E-state index contributed by atoms with van der Waals surface area (Å²) in [6.07, 6.45) is 0. The molecular weight excluding hydrogens is 412 g/mol. The number of nitrogens with one attached hydrogen (secondary N) is 1. The number of hydrogen-bond donors (Lipinski definition) is 1. The van der Waals surface area contributed by atoms with Crippen molar-refractivity contribution < 1.29 is 9.21 Å². The highest BCUT2D eigenvalue weighted by molar-refractivity contribution is 6.31. The zero-order valence-electron chi connectivity index (χ0n) is 17.4. The van der Waals surface area contributed by atoms with E-state index in [4.69, 9.17) is 21.3 Å². The lowest BCUT2D eigenvalue weighted by Crippen LogP contribution is -2.18. The summed E-state index contributed by atoms with van der Waals surface area (Å²) in [7, 11) is 0. The van der Waals surface area contributed by atoms with E-state index < -0.39 is 0 Å². The van der Waals surface area contributed by atoms with Crippen LogP contribution in [0.15, 0.2) is 52.9 Å². The van der Waals surface area contributed by atoms with Gasteiger partial charge in [0.1, 0.15) is 11.3 Å². The van der Waals surface area contributed by atoms with Gasteiger partial charge in [-0.05, 0) is 49.4 Å². The molecule has 4 aromatic rings. The van der Waals surface area contributed by atoms with Crippen molar-refractivity contribution in [1.29, 1.82) is 5.26 Å². The molecule has 0 unspecified atom stereocenters. The Hall–Kier alpha value is -3.56. The van der Waals surface area contributed by atoms with Crippen LogP contribution in [0.3, 0.4) is 0 Å². The molecule has 0 fully saturated rings. The van der Waals surface area contributed by atoms with E-state index in [0.717, 1.165) is 27.8 Å². The maximum Gasteiger partial charge on any atom is 0.228 e. The number of halogens is 1. The zero-order valence-corrected chi connectivity index (χ0v) is 18.2. The largest absolute Gasteiger partial charge is 0.456 e. The smallest absolute Gasteiger partial charge is 0.228 e. The number of rotatable bonds is 5. The van der Waals surface area contributed by atoms with Crippen LogP contribution >= 0.6 is 11.6 Å². The average Bonchev–Trinajstić information content (AvgIpc) is 3.31. The molecule has 0 saturated heterocycles. The zero-order chi connectivity index (χ0) is 22.1. The van der Waals surface area contributed by atoms with Gasteiger partial charge in [-0.2, -0.15) is 10.4 Å². The Balaban J connectivity index is 1.68. The molecule has 2 heterocycles. The number of aromatic nitrogens is 2. The van der Waals surface area contributed by atoms with Gasteiger partial charge in [-0.25, -0.2) is 0 Å². The van der Waals surface area contributed by atoms with Crippen molar-refractivity contribution in [2.24, 2.45) is 5.92 Å². The molecule has 0 aliphatic carbocycles. The summed E-state index contributed by atoms with van der Waals surface area (Å²) in [5, 5.41) is 17.8. The molecule has 2 aromatic heterocycles. The van der Waals surface area contributed by atoms with Crippen LogP contribution in [0.2, 0.25) is 5.02 Å². The molecule has 6 nitrogen and oxygen atoms in total. The summed E-state index contributed by atoms with van der Waals surface area (Å²) < 4.78 is 7.99. The van der Waals surface area contributed by atoms with Crippen molar-refractivity contribution in [2.45, 2.75) is 27.3 Å². The van der Waals surface area contributed by atoms with Crippen LogP contribution in [-0.2, 0) is 11.3 Å². The van der Waals surface area contributed by atoms with Crippen LogP contribution in [0.5, 0.6) is 0 Å². The van der Waals surface area contributed by atoms with Gasteiger partial charge in [-0.1, -0.05) is 25.4 Å². The predicted molar refractivity (Wildman–Crippen MR) is 121 cm³/mol. The average molecular weight is 433 g/mol. The van der Waals surface area contributed by atoms with Crippen molar-refractivity contribution >= 4 is 34.3 Å². The summed E-state index contributed by atoms with van der Waals surface area (Å²) in [6.45, 7) is 6.05. The van der Waals surface area contributed by atoms with Gasteiger partial charge in [0.25, 0.3) is 0 Å². The number of nitriles is 1. The molecule has 31 heavy (non-hydrogen) atoms. The molecule has 0 radical (unpaired) electrons. The first-order chi connectivity index (χ1) is 14.8. The van der Waals surface area contributed by atoms with E-state index in [0.29, 0.717) is 28.7 Å². The van der Waals surface area contributed by atoms with Gasteiger partial charge in [0.15, 0.2) is 5.82 Å². The minimum atomic E-state index is -0.123. The number of hydrogen-bond acceptors (Lipinski definition) is 4. The second-order valence-corrected chi connectivity index (χ2v) is 8.19. The molecule has 0 bridgehead atoms. The fourth-order valence-corrected chi connectivity index (χ4v) is 3.57. The number of carbonyl (C=O) groups excluding carboxylic acids is 1. The molecule has 7 heteroatoms. The molecule has 4 rings (SSSR count). The first-order valence-electron chi connectivity index (χ1n) is 9.92. The van der Waals surface area contributed by atoms with Gasteiger partial charge in [-0.15, -0.1) is 0 Å². The Morgan fingerprint density at radius 3 is 2.65 bits per heavy atom. The number of aryl methyl sites for hydroxylation is 1. The third-order valence-electron chi connectivity index (χ3n) is 5.03. The maximum atomic E-state index is 12.0. The second-order valence-electron chi connectivity index (χ2n) is 7.76. The van der Waals surface area contributed by atoms with Crippen molar-refractivity contribution in [3.8, 4) is 17.4 Å². The van der Waals surface area contributed by atoms with E-state index in [-0.39, 0.29) is 11.8 Å². The number of benzene rings is 2. The molecule has 156 valence electrons.